The molecule has 1 aromatic rings. The molecule has 1 nitrogen and oxygen atoms in total. The average molecular weight is 223 g/mol. The lowest BCUT2D eigenvalue weighted by Gasteiger charge is -2.38. The summed E-state index contributed by atoms with van der Waals surface area (Å²) in [5.41, 5.74) is 7.98. The standard InChI is InChI=1S/C13H21NS/c1-3-11-5-4-7-13(14,9-11)12-6-8-15-10(12)2/h6,8,11H,3-5,7,9,14H2,1-2H3. The number of hydrogen-bond donors (Lipinski definition) is 1. The van der Waals surface area contributed by atoms with Gasteiger partial charge in [-0.3, -0.25) is 0 Å². The van der Waals surface area contributed by atoms with Crippen molar-refractivity contribution in [1.29, 1.82) is 0 Å². The molecule has 0 saturated heterocycles. The monoisotopic (exact) mass is 223 g/mol. The number of rotatable bonds is 2. The molecule has 1 aromatic heterocycles. The number of thiophene rings is 1. The molecule has 2 N–H and O–H groups in total. The summed E-state index contributed by atoms with van der Waals surface area (Å²) in [7, 11) is 0. The van der Waals surface area contributed by atoms with Crippen molar-refractivity contribution in [1.82, 2.24) is 0 Å². The topological polar surface area (TPSA) is 26.0 Å². The first-order chi connectivity index (χ1) is 7.15. The summed E-state index contributed by atoms with van der Waals surface area (Å²) < 4.78 is 0. The first-order valence-electron chi connectivity index (χ1n) is 5.99. The van der Waals surface area contributed by atoms with E-state index in [1.807, 2.05) is 11.3 Å². The van der Waals surface area contributed by atoms with Crippen molar-refractivity contribution < 1.29 is 0 Å². The highest BCUT2D eigenvalue weighted by molar-refractivity contribution is 7.10. The predicted octanol–water partition coefficient (Wildman–Crippen LogP) is 3.81. The first-order valence-corrected chi connectivity index (χ1v) is 6.87. The molecule has 2 rings (SSSR count). The second kappa shape index (κ2) is 4.26. The Balaban J connectivity index is 2.22. The van der Waals surface area contributed by atoms with E-state index in [9.17, 15) is 0 Å². The lowest BCUT2D eigenvalue weighted by atomic mass is 9.72. The van der Waals surface area contributed by atoms with Gasteiger partial charge >= 0.3 is 0 Å². The predicted molar refractivity (Wildman–Crippen MR) is 67.2 cm³/mol. The van der Waals surface area contributed by atoms with Crippen LogP contribution in [-0.2, 0) is 5.54 Å². The van der Waals surface area contributed by atoms with E-state index in [2.05, 4.69) is 25.3 Å². The fraction of sp³-hybridized carbons (Fsp3) is 0.692. The van der Waals surface area contributed by atoms with Crippen LogP contribution >= 0.6 is 11.3 Å². The Labute approximate surface area is 96.7 Å². The van der Waals surface area contributed by atoms with Crippen LogP contribution in [0.5, 0.6) is 0 Å². The minimum absolute atomic E-state index is 0.0248. The summed E-state index contributed by atoms with van der Waals surface area (Å²) in [4.78, 5) is 1.41. The lowest BCUT2D eigenvalue weighted by molar-refractivity contribution is 0.221. The normalized spacial score (nSPS) is 31.8. The molecule has 1 fully saturated rings. The zero-order valence-electron chi connectivity index (χ0n) is 9.75. The summed E-state index contributed by atoms with van der Waals surface area (Å²) in [5.74, 6) is 0.836. The largest absolute Gasteiger partial charge is 0.321 e. The maximum atomic E-state index is 6.60. The van der Waals surface area contributed by atoms with Crippen LogP contribution in [0.1, 0.15) is 49.5 Å². The third-order valence-corrected chi connectivity index (χ3v) is 4.71. The summed E-state index contributed by atoms with van der Waals surface area (Å²) in [5, 5.41) is 2.18. The van der Waals surface area contributed by atoms with Crippen molar-refractivity contribution in [2.75, 3.05) is 0 Å². The molecule has 0 aliphatic heterocycles. The second-order valence-electron chi connectivity index (χ2n) is 4.92. The van der Waals surface area contributed by atoms with Gasteiger partial charge in [0.1, 0.15) is 0 Å². The van der Waals surface area contributed by atoms with Crippen LogP contribution in [0.2, 0.25) is 0 Å². The molecule has 84 valence electrons. The van der Waals surface area contributed by atoms with Gasteiger partial charge in [0.25, 0.3) is 0 Å². The Morgan fingerprint density at radius 3 is 3.00 bits per heavy atom. The highest BCUT2D eigenvalue weighted by atomic mass is 32.1. The van der Waals surface area contributed by atoms with E-state index in [1.54, 1.807) is 0 Å². The van der Waals surface area contributed by atoms with E-state index < -0.39 is 0 Å². The highest BCUT2D eigenvalue weighted by Gasteiger charge is 2.34. The van der Waals surface area contributed by atoms with Crippen molar-refractivity contribution in [2.45, 2.75) is 51.5 Å². The van der Waals surface area contributed by atoms with Crippen LogP contribution in [0.15, 0.2) is 11.4 Å². The molecule has 0 amide bonds. The van der Waals surface area contributed by atoms with Crippen molar-refractivity contribution in [2.24, 2.45) is 11.7 Å². The van der Waals surface area contributed by atoms with Gasteiger partial charge in [-0.15, -0.1) is 11.3 Å². The van der Waals surface area contributed by atoms with Crippen molar-refractivity contribution in [3.05, 3.63) is 21.9 Å². The summed E-state index contributed by atoms with van der Waals surface area (Å²) in [6.45, 7) is 4.49. The van der Waals surface area contributed by atoms with Gasteiger partial charge in [0.2, 0.25) is 0 Å². The van der Waals surface area contributed by atoms with E-state index >= 15 is 0 Å². The molecule has 1 saturated carbocycles. The van der Waals surface area contributed by atoms with E-state index in [1.165, 1.54) is 42.5 Å². The molecule has 0 bridgehead atoms. The smallest absolute Gasteiger partial charge is 0.0423 e. The van der Waals surface area contributed by atoms with Gasteiger partial charge in [0.15, 0.2) is 0 Å². The zero-order chi connectivity index (χ0) is 10.9. The molecule has 0 aromatic carbocycles. The third kappa shape index (κ3) is 2.11. The minimum Gasteiger partial charge on any atom is -0.321 e. The summed E-state index contributed by atoms with van der Waals surface area (Å²) >= 11 is 1.83. The minimum atomic E-state index is -0.0248. The third-order valence-electron chi connectivity index (χ3n) is 3.86. The van der Waals surface area contributed by atoms with E-state index in [-0.39, 0.29) is 5.54 Å². The van der Waals surface area contributed by atoms with Crippen LogP contribution in [-0.4, -0.2) is 0 Å². The van der Waals surface area contributed by atoms with E-state index in [4.69, 9.17) is 5.73 Å². The highest BCUT2D eigenvalue weighted by Crippen LogP contribution is 2.41. The molecule has 15 heavy (non-hydrogen) atoms. The maximum Gasteiger partial charge on any atom is 0.0423 e. The van der Waals surface area contributed by atoms with Gasteiger partial charge < -0.3 is 5.73 Å². The molecular formula is C13H21NS. The van der Waals surface area contributed by atoms with Crippen molar-refractivity contribution >= 4 is 11.3 Å². The fourth-order valence-corrected chi connectivity index (χ4v) is 3.73. The van der Waals surface area contributed by atoms with Gasteiger partial charge in [-0.05, 0) is 42.7 Å². The van der Waals surface area contributed by atoms with Gasteiger partial charge in [-0.2, -0.15) is 0 Å². The summed E-state index contributed by atoms with van der Waals surface area (Å²) in [6, 6.07) is 2.23. The average Bonchev–Trinajstić information content (AvgIpc) is 2.65. The quantitative estimate of drug-likeness (QED) is 0.810. The van der Waals surface area contributed by atoms with Crippen molar-refractivity contribution in [3.63, 3.8) is 0 Å². The zero-order valence-corrected chi connectivity index (χ0v) is 10.6. The van der Waals surface area contributed by atoms with Crippen LogP contribution in [0.25, 0.3) is 0 Å². The lowest BCUT2D eigenvalue weighted by Crippen LogP contribution is -2.41. The van der Waals surface area contributed by atoms with Gasteiger partial charge in [-0.25, -0.2) is 0 Å². The maximum absolute atomic E-state index is 6.60. The van der Waals surface area contributed by atoms with E-state index in [0.29, 0.717) is 0 Å². The molecule has 1 heterocycles. The van der Waals surface area contributed by atoms with E-state index in [0.717, 1.165) is 5.92 Å². The fourth-order valence-electron chi connectivity index (χ4n) is 2.92. The molecule has 2 unspecified atom stereocenters. The number of nitrogens with two attached hydrogens (primary N) is 1. The Bertz CT molecular complexity index is 331. The van der Waals surface area contributed by atoms with Crippen LogP contribution in [0.3, 0.4) is 0 Å². The second-order valence-corrected chi connectivity index (χ2v) is 6.04. The number of hydrogen-bond acceptors (Lipinski definition) is 2. The molecule has 2 heteroatoms. The first kappa shape index (κ1) is 11.2. The Morgan fingerprint density at radius 2 is 2.40 bits per heavy atom. The van der Waals surface area contributed by atoms with Crippen molar-refractivity contribution in [3.8, 4) is 0 Å². The summed E-state index contributed by atoms with van der Waals surface area (Å²) in [6.07, 6.45) is 6.30. The molecule has 2 atom stereocenters. The molecular weight excluding hydrogens is 202 g/mol. The van der Waals surface area contributed by atoms with Gasteiger partial charge in [-0.1, -0.05) is 26.2 Å². The van der Waals surface area contributed by atoms with Crippen LogP contribution in [0.4, 0.5) is 0 Å². The Kier molecular flexibility index (Phi) is 3.17. The molecule has 0 radical (unpaired) electrons. The Hall–Kier alpha value is -0.340. The Morgan fingerprint density at radius 1 is 1.60 bits per heavy atom. The van der Waals surface area contributed by atoms with Gasteiger partial charge in [0.05, 0.1) is 0 Å². The van der Waals surface area contributed by atoms with Crippen LogP contribution in [0, 0.1) is 12.8 Å². The molecule has 1 aliphatic carbocycles. The SMILES string of the molecule is CCC1CCCC(N)(c2ccsc2C)C1. The molecule has 0 spiro atoms. The number of aryl methyl sites for hydroxylation is 1. The molecule has 1 aliphatic rings. The van der Waals surface area contributed by atoms with Crippen LogP contribution < -0.4 is 5.73 Å². The van der Waals surface area contributed by atoms with Gasteiger partial charge in [0, 0.05) is 10.4 Å².